The number of ether oxygens (including phenoxy) is 3. The van der Waals surface area contributed by atoms with Crippen molar-refractivity contribution in [2.45, 2.75) is 26.5 Å². The second-order valence-electron chi connectivity index (χ2n) is 7.49. The Hall–Kier alpha value is -3.79. The Morgan fingerprint density at radius 2 is 1.91 bits per heavy atom. The van der Waals surface area contributed by atoms with Gasteiger partial charge in [0.15, 0.2) is 4.80 Å². The molecule has 3 aromatic rings. The van der Waals surface area contributed by atoms with Crippen molar-refractivity contribution >= 4 is 23.4 Å². The van der Waals surface area contributed by atoms with Crippen molar-refractivity contribution in [1.29, 1.82) is 0 Å². The summed E-state index contributed by atoms with van der Waals surface area (Å²) >= 11 is 1.10. The molecule has 0 bridgehead atoms. The van der Waals surface area contributed by atoms with Gasteiger partial charge < -0.3 is 14.2 Å². The van der Waals surface area contributed by atoms with E-state index in [1.165, 1.54) is 16.7 Å². The summed E-state index contributed by atoms with van der Waals surface area (Å²) in [6.07, 6.45) is 1.48. The summed E-state index contributed by atoms with van der Waals surface area (Å²) in [5.74, 6) is -0.00172. The predicted octanol–water partition coefficient (Wildman–Crippen LogP) is 3.41. The zero-order valence-corrected chi connectivity index (χ0v) is 20.0. The van der Waals surface area contributed by atoms with E-state index >= 15 is 0 Å². The van der Waals surface area contributed by atoms with Crippen molar-refractivity contribution in [3.05, 3.63) is 90.6 Å². The van der Waals surface area contributed by atoms with Crippen molar-refractivity contribution in [1.82, 2.24) is 4.57 Å². The van der Waals surface area contributed by atoms with Crippen molar-refractivity contribution < 1.29 is 27.8 Å². The SMILES string of the molecule is CCOC(=O)C1=C(C)N=c2s/c(=C/c3ccccc3OC(F)F)c(=O)n2C1c1ccc(OC)cc1. The molecule has 1 unspecified atom stereocenters. The van der Waals surface area contributed by atoms with Gasteiger partial charge in [-0.3, -0.25) is 9.36 Å². The van der Waals surface area contributed by atoms with Crippen LogP contribution in [-0.4, -0.2) is 30.9 Å². The monoisotopic (exact) mass is 500 g/mol. The molecular weight excluding hydrogens is 478 g/mol. The molecule has 2 heterocycles. The molecule has 1 aliphatic rings. The molecule has 2 aromatic carbocycles. The number of carbonyl (C=O) groups excluding carboxylic acids is 1. The molecule has 0 amide bonds. The van der Waals surface area contributed by atoms with E-state index in [1.54, 1.807) is 63.4 Å². The minimum absolute atomic E-state index is 0.0524. The largest absolute Gasteiger partial charge is 0.497 e. The number of para-hydroxylation sites is 1. The number of carbonyl (C=O) groups is 1. The predicted molar refractivity (Wildman–Crippen MR) is 126 cm³/mol. The highest BCUT2D eigenvalue weighted by atomic mass is 32.1. The van der Waals surface area contributed by atoms with Gasteiger partial charge in [0.2, 0.25) is 0 Å². The lowest BCUT2D eigenvalue weighted by atomic mass is 9.96. The van der Waals surface area contributed by atoms with Crippen LogP contribution in [-0.2, 0) is 9.53 Å². The molecule has 1 aromatic heterocycles. The van der Waals surface area contributed by atoms with Crippen molar-refractivity contribution in [3.63, 3.8) is 0 Å². The Balaban J connectivity index is 1.92. The highest BCUT2D eigenvalue weighted by Gasteiger charge is 2.33. The topological polar surface area (TPSA) is 79.1 Å². The molecule has 182 valence electrons. The van der Waals surface area contributed by atoms with Crippen LogP contribution in [0.3, 0.4) is 0 Å². The van der Waals surface area contributed by atoms with Crippen LogP contribution in [0.25, 0.3) is 6.08 Å². The highest BCUT2D eigenvalue weighted by molar-refractivity contribution is 7.07. The van der Waals surface area contributed by atoms with Gasteiger partial charge in [0.25, 0.3) is 5.56 Å². The Labute approximate surface area is 203 Å². The maximum absolute atomic E-state index is 13.6. The van der Waals surface area contributed by atoms with Crippen LogP contribution < -0.4 is 24.4 Å². The van der Waals surface area contributed by atoms with Crippen LogP contribution in [0, 0.1) is 0 Å². The van der Waals surface area contributed by atoms with E-state index in [4.69, 9.17) is 9.47 Å². The summed E-state index contributed by atoms with van der Waals surface area (Å²) in [4.78, 5) is 31.4. The number of methoxy groups -OCH3 is 1. The van der Waals surface area contributed by atoms with Gasteiger partial charge in [0.1, 0.15) is 11.5 Å². The van der Waals surface area contributed by atoms with E-state index in [0.29, 0.717) is 27.4 Å². The average molecular weight is 501 g/mol. The molecule has 1 aliphatic heterocycles. The number of fused-ring (bicyclic) bond motifs is 1. The van der Waals surface area contributed by atoms with Gasteiger partial charge in [0, 0.05) is 5.56 Å². The summed E-state index contributed by atoms with van der Waals surface area (Å²) in [7, 11) is 1.54. The maximum Gasteiger partial charge on any atom is 0.387 e. The Morgan fingerprint density at radius 3 is 2.57 bits per heavy atom. The summed E-state index contributed by atoms with van der Waals surface area (Å²) in [5.41, 5.74) is 1.24. The molecule has 0 saturated heterocycles. The molecule has 0 spiro atoms. The van der Waals surface area contributed by atoms with Crippen LogP contribution >= 0.6 is 11.3 Å². The Morgan fingerprint density at radius 1 is 1.20 bits per heavy atom. The third kappa shape index (κ3) is 4.88. The van der Waals surface area contributed by atoms with Crippen LogP contribution in [0.1, 0.15) is 31.0 Å². The number of benzene rings is 2. The number of hydrogen-bond acceptors (Lipinski definition) is 7. The van der Waals surface area contributed by atoms with Crippen LogP contribution in [0.15, 0.2) is 69.6 Å². The van der Waals surface area contributed by atoms with Crippen LogP contribution in [0.2, 0.25) is 0 Å². The number of halogens is 2. The molecule has 1 atom stereocenters. The number of alkyl halides is 2. The molecule has 0 saturated carbocycles. The number of aromatic nitrogens is 1. The summed E-state index contributed by atoms with van der Waals surface area (Å²) in [6, 6.07) is 12.4. The fourth-order valence-corrected chi connectivity index (χ4v) is 4.87. The van der Waals surface area contributed by atoms with E-state index < -0.39 is 24.2 Å². The lowest BCUT2D eigenvalue weighted by Gasteiger charge is -2.24. The van der Waals surface area contributed by atoms with E-state index in [1.807, 2.05) is 0 Å². The number of esters is 1. The molecule has 4 rings (SSSR count). The third-order valence-corrected chi connectivity index (χ3v) is 6.35. The van der Waals surface area contributed by atoms with Gasteiger partial charge in [0.05, 0.1) is 35.6 Å². The standard InChI is InChI=1S/C25H22F2N2O5S/c1-4-33-23(31)20-14(2)28-25-29(21(20)15-9-11-17(32-3)12-10-15)22(30)19(35-25)13-16-7-5-6-8-18(16)34-24(26)27/h5-13,21,24H,4H2,1-3H3/b19-13+. The Kier molecular flexibility index (Phi) is 7.11. The van der Waals surface area contributed by atoms with Gasteiger partial charge >= 0.3 is 12.6 Å². The first-order valence-electron chi connectivity index (χ1n) is 10.7. The van der Waals surface area contributed by atoms with E-state index in [0.717, 1.165) is 11.3 Å². The molecule has 10 heteroatoms. The first kappa shape index (κ1) is 24.3. The highest BCUT2D eigenvalue weighted by Crippen LogP contribution is 2.31. The summed E-state index contributed by atoms with van der Waals surface area (Å²) in [6.45, 7) is 0.544. The van der Waals surface area contributed by atoms with Gasteiger partial charge in [-0.05, 0) is 43.7 Å². The van der Waals surface area contributed by atoms with Gasteiger partial charge in [-0.15, -0.1) is 0 Å². The maximum atomic E-state index is 13.6. The Bertz CT molecular complexity index is 1460. The molecule has 0 N–H and O–H groups in total. The minimum Gasteiger partial charge on any atom is -0.497 e. The van der Waals surface area contributed by atoms with Crippen LogP contribution in [0.4, 0.5) is 8.78 Å². The number of hydrogen-bond donors (Lipinski definition) is 0. The fourth-order valence-electron chi connectivity index (χ4n) is 3.84. The summed E-state index contributed by atoms with van der Waals surface area (Å²) < 4.78 is 42.5. The average Bonchev–Trinajstić information content (AvgIpc) is 3.13. The van der Waals surface area contributed by atoms with Crippen molar-refractivity contribution in [2.24, 2.45) is 4.99 Å². The molecular formula is C25H22F2N2O5S. The number of allylic oxidation sites excluding steroid dienone is 1. The van der Waals surface area contributed by atoms with E-state index in [9.17, 15) is 18.4 Å². The van der Waals surface area contributed by atoms with Gasteiger partial charge in [-0.25, -0.2) is 9.79 Å². The van der Waals surface area contributed by atoms with Gasteiger partial charge in [-0.2, -0.15) is 8.78 Å². The molecule has 7 nitrogen and oxygen atoms in total. The molecule has 35 heavy (non-hydrogen) atoms. The first-order valence-corrected chi connectivity index (χ1v) is 11.5. The molecule has 0 fully saturated rings. The number of rotatable bonds is 7. The smallest absolute Gasteiger partial charge is 0.387 e. The molecule has 0 aliphatic carbocycles. The van der Waals surface area contributed by atoms with Crippen LogP contribution in [0.5, 0.6) is 11.5 Å². The van der Waals surface area contributed by atoms with E-state index in [-0.39, 0.29) is 22.5 Å². The summed E-state index contributed by atoms with van der Waals surface area (Å²) in [5, 5.41) is 0. The zero-order valence-electron chi connectivity index (χ0n) is 19.2. The third-order valence-electron chi connectivity index (χ3n) is 5.37. The minimum atomic E-state index is -3.00. The number of thiazole rings is 1. The van der Waals surface area contributed by atoms with E-state index in [2.05, 4.69) is 9.73 Å². The fraction of sp³-hybridized carbons (Fsp3) is 0.240. The first-order chi connectivity index (χ1) is 16.8. The van der Waals surface area contributed by atoms with Gasteiger partial charge in [-0.1, -0.05) is 41.7 Å². The molecule has 0 radical (unpaired) electrons. The lowest BCUT2D eigenvalue weighted by molar-refractivity contribution is -0.139. The van der Waals surface area contributed by atoms with Crippen molar-refractivity contribution in [2.75, 3.05) is 13.7 Å². The number of nitrogens with zero attached hydrogens (tertiary/aromatic N) is 2. The second kappa shape index (κ2) is 10.2. The lowest BCUT2D eigenvalue weighted by Crippen LogP contribution is -2.39. The quantitative estimate of drug-likeness (QED) is 0.465. The van der Waals surface area contributed by atoms with Crippen molar-refractivity contribution in [3.8, 4) is 11.5 Å². The second-order valence-corrected chi connectivity index (χ2v) is 8.50. The normalized spacial score (nSPS) is 15.6. The zero-order chi connectivity index (χ0) is 25.1.